The van der Waals surface area contributed by atoms with Gasteiger partial charge >= 0.3 is 5.97 Å². The van der Waals surface area contributed by atoms with Crippen molar-refractivity contribution in [2.75, 3.05) is 7.11 Å². The van der Waals surface area contributed by atoms with Crippen LogP contribution in [-0.2, 0) is 9.53 Å². The van der Waals surface area contributed by atoms with Gasteiger partial charge in [0, 0.05) is 50.5 Å². The smallest absolute Gasteiger partial charge is 0.304 e. The van der Waals surface area contributed by atoms with Gasteiger partial charge in [0.25, 0.3) is 0 Å². The monoisotopic (exact) mass is 343 g/mol. The summed E-state index contributed by atoms with van der Waals surface area (Å²) in [5.41, 5.74) is 6.91. The van der Waals surface area contributed by atoms with Crippen molar-refractivity contribution in [2.45, 2.75) is 19.4 Å². The van der Waals surface area contributed by atoms with Crippen molar-refractivity contribution in [2.24, 2.45) is 0 Å². The molecule has 0 spiro atoms. The fraction of sp³-hybridized carbons (Fsp3) is 0.800. The van der Waals surface area contributed by atoms with Gasteiger partial charge in [-0.3, -0.25) is 4.79 Å². The summed E-state index contributed by atoms with van der Waals surface area (Å²) in [7, 11) is 1.32. The SMILES string of the molecule is COC(=O)C[C@H](C)[NH-].[Ac]. The summed E-state index contributed by atoms with van der Waals surface area (Å²) in [6.07, 6.45) is 0.191. The summed E-state index contributed by atoms with van der Waals surface area (Å²) in [5, 5.41) is 0. The maximum absolute atomic E-state index is 10.3. The van der Waals surface area contributed by atoms with E-state index in [1.807, 2.05) is 0 Å². The maximum atomic E-state index is 10.3. The van der Waals surface area contributed by atoms with Gasteiger partial charge in [-0.2, -0.15) is 0 Å². The van der Waals surface area contributed by atoms with Crippen molar-refractivity contribution in [1.82, 2.24) is 0 Å². The summed E-state index contributed by atoms with van der Waals surface area (Å²) in [6.45, 7) is 1.65. The van der Waals surface area contributed by atoms with Crippen molar-refractivity contribution >= 4 is 5.97 Å². The molecule has 0 aromatic rings. The first-order chi connectivity index (χ1) is 3.66. The Balaban J connectivity index is 0. The predicted molar refractivity (Wildman–Crippen MR) is 30.4 cm³/mol. The summed E-state index contributed by atoms with van der Waals surface area (Å²) in [6, 6.07) is -0.345. The molecule has 51 valence electrons. The van der Waals surface area contributed by atoms with E-state index >= 15 is 0 Å². The van der Waals surface area contributed by atoms with Gasteiger partial charge < -0.3 is 10.5 Å². The molecule has 3 nitrogen and oxygen atoms in total. The van der Waals surface area contributed by atoms with Crippen molar-refractivity contribution < 1.29 is 53.6 Å². The maximum Gasteiger partial charge on any atom is 0.304 e. The molecule has 0 aliphatic rings. The average Bonchev–Trinajstić information content (AvgIpc) is 1.65. The number of ether oxygens (including phenoxy) is 1. The van der Waals surface area contributed by atoms with Crippen LogP contribution in [0.5, 0.6) is 0 Å². The standard InChI is InChI=1S/C5H10NO2.Ac/c1-4(6)3-5(7)8-2;/h4,6H,3H2,1-2H3;/q-1;/t4-;/m0./s1. The largest absolute Gasteiger partial charge is 0.674 e. The molecule has 4 heteroatoms. The summed E-state index contributed by atoms with van der Waals surface area (Å²) >= 11 is 0. The third-order valence-corrected chi connectivity index (χ3v) is 0.701. The van der Waals surface area contributed by atoms with Crippen LogP contribution in [0.15, 0.2) is 0 Å². The van der Waals surface area contributed by atoms with Crippen LogP contribution >= 0.6 is 0 Å². The van der Waals surface area contributed by atoms with Gasteiger partial charge in [0.15, 0.2) is 0 Å². The molecule has 0 saturated carbocycles. The molecule has 0 aromatic heterocycles. The van der Waals surface area contributed by atoms with Crippen LogP contribution in [0.2, 0.25) is 0 Å². The van der Waals surface area contributed by atoms with Gasteiger partial charge in [0.2, 0.25) is 0 Å². The fourth-order valence-corrected chi connectivity index (χ4v) is 0.333. The van der Waals surface area contributed by atoms with E-state index < -0.39 is 0 Å². The Morgan fingerprint density at radius 1 is 1.78 bits per heavy atom. The molecular weight excluding hydrogens is 333 g/mol. The van der Waals surface area contributed by atoms with Gasteiger partial charge in [0.05, 0.1) is 7.11 Å². The minimum Gasteiger partial charge on any atom is -0.674 e. The second kappa shape index (κ2) is 6.98. The van der Waals surface area contributed by atoms with Crippen LogP contribution in [0.25, 0.3) is 5.73 Å². The zero-order valence-corrected chi connectivity index (χ0v) is 10.4. The van der Waals surface area contributed by atoms with E-state index in [2.05, 4.69) is 4.74 Å². The van der Waals surface area contributed by atoms with E-state index in [4.69, 9.17) is 5.73 Å². The van der Waals surface area contributed by atoms with E-state index in [0.29, 0.717) is 0 Å². The van der Waals surface area contributed by atoms with Crippen molar-refractivity contribution in [1.29, 1.82) is 0 Å². The normalized spacial score (nSPS) is 11.4. The molecule has 0 heterocycles. The molecule has 1 atom stereocenters. The van der Waals surface area contributed by atoms with Gasteiger partial charge in [-0.1, -0.05) is 6.92 Å². The molecule has 0 rings (SSSR count). The van der Waals surface area contributed by atoms with Gasteiger partial charge in [-0.15, -0.1) is 6.04 Å². The molecule has 0 bridgehead atoms. The number of esters is 1. The Bertz CT molecular complexity index is 85.0. The Hall–Kier alpha value is 0.872. The molecule has 0 aliphatic heterocycles. The van der Waals surface area contributed by atoms with Crippen molar-refractivity contribution in [3.05, 3.63) is 5.73 Å². The van der Waals surface area contributed by atoms with Crippen LogP contribution in [0.4, 0.5) is 0 Å². The quantitative estimate of drug-likeness (QED) is 0.703. The number of carbonyl (C=O) groups is 1. The van der Waals surface area contributed by atoms with Gasteiger partial charge in [-0.25, -0.2) is 0 Å². The average molecular weight is 343 g/mol. The summed E-state index contributed by atoms with van der Waals surface area (Å²) in [4.78, 5) is 10.3. The molecule has 0 aliphatic carbocycles. The second-order valence-electron chi connectivity index (χ2n) is 1.68. The molecule has 1 N–H and O–H groups in total. The zero-order chi connectivity index (χ0) is 6.57. The third kappa shape index (κ3) is 8.87. The van der Waals surface area contributed by atoms with Gasteiger partial charge in [-0.05, 0) is 0 Å². The molecule has 0 aromatic carbocycles. The fourth-order valence-electron chi connectivity index (χ4n) is 0.333. The number of rotatable bonds is 2. The van der Waals surface area contributed by atoms with Crippen molar-refractivity contribution in [3.63, 3.8) is 0 Å². The number of carbonyl (C=O) groups excluding carboxylic acids is 1. The predicted octanol–water partition coefficient (Wildman–Crippen LogP) is 0.990. The molecule has 0 saturated heterocycles. The number of hydrogen-bond acceptors (Lipinski definition) is 2. The van der Waals surface area contributed by atoms with E-state index in [9.17, 15) is 4.79 Å². The van der Waals surface area contributed by atoms with E-state index in [1.54, 1.807) is 6.92 Å². The molecule has 1 radical (unpaired) electrons. The Morgan fingerprint density at radius 2 is 2.22 bits per heavy atom. The number of hydrogen-bond donors (Lipinski definition) is 0. The third-order valence-electron chi connectivity index (χ3n) is 0.701. The topological polar surface area (TPSA) is 50.1 Å². The zero-order valence-electron chi connectivity index (χ0n) is 5.68. The second-order valence-corrected chi connectivity index (χ2v) is 1.68. The van der Waals surface area contributed by atoms with Crippen LogP contribution in [0, 0.1) is 44.1 Å². The summed E-state index contributed by atoms with van der Waals surface area (Å²) < 4.78 is 4.30. The molecule has 0 amide bonds. The van der Waals surface area contributed by atoms with Crippen LogP contribution in [0.3, 0.4) is 0 Å². The van der Waals surface area contributed by atoms with Crippen LogP contribution in [0.1, 0.15) is 13.3 Å². The first kappa shape index (κ1) is 12.5. The van der Waals surface area contributed by atoms with Crippen molar-refractivity contribution in [3.8, 4) is 0 Å². The number of methoxy groups -OCH3 is 1. The molecule has 0 unspecified atom stereocenters. The molecule has 0 fully saturated rings. The molecular formula is C5H10AcNO2-. The minimum atomic E-state index is -0.345. The minimum absolute atomic E-state index is 0. The first-order valence-corrected chi connectivity index (χ1v) is 2.44. The Labute approximate surface area is 90.9 Å². The first-order valence-electron chi connectivity index (χ1n) is 2.44. The van der Waals surface area contributed by atoms with E-state index in [0.717, 1.165) is 0 Å². The van der Waals surface area contributed by atoms with E-state index in [-0.39, 0.29) is 62.5 Å². The Morgan fingerprint density at radius 3 is 2.33 bits per heavy atom. The van der Waals surface area contributed by atoms with Crippen LogP contribution in [-0.4, -0.2) is 19.1 Å². The Kier molecular flexibility index (Phi) is 9.73. The van der Waals surface area contributed by atoms with Crippen LogP contribution < -0.4 is 0 Å². The number of nitrogens with one attached hydrogen (secondary N) is 1. The van der Waals surface area contributed by atoms with E-state index in [1.165, 1.54) is 7.11 Å². The molecule has 9 heavy (non-hydrogen) atoms. The van der Waals surface area contributed by atoms with Gasteiger partial charge in [0.1, 0.15) is 0 Å². The summed E-state index contributed by atoms with van der Waals surface area (Å²) in [5.74, 6) is -0.312.